The van der Waals surface area contributed by atoms with Crippen molar-refractivity contribution in [2.75, 3.05) is 12.3 Å². The van der Waals surface area contributed by atoms with Gasteiger partial charge in [-0.25, -0.2) is 8.42 Å². The summed E-state index contributed by atoms with van der Waals surface area (Å²) in [6.07, 6.45) is 2.61. The van der Waals surface area contributed by atoms with Gasteiger partial charge in [0.2, 0.25) is 0 Å². The zero-order valence-corrected chi connectivity index (χ0v) is 13.1. The molecule has 0 saturated heterocycles. The van der Waals surface area contributed by atoms with Gasteiger partial charge in [0.1, 0.15) is 0 Å². The summed E-state index contributed by atoms with van der Waals surface area (Å²) >= 11 is 5.82. The number of halogens is 1. The Bertz CT molecular complexity index is 488. The molecule has 1 aromatic rings. The van der Waals surface area contributed by atoms with Crippen LogP contribution in [0.25, 0.3) is 0 Å². The fraction of sp³-hybridized carbons (Fsp3) is 0.571. The van der Waals surface area contributed by atoms with Crippen LogP contribution in [0.4, 0.5) is 0 Å². The summed E-state index contributed by atoms with van der Waals surface area (Å²) in [4.78, 5) is 0.314. The minimum Gasteiger partial charge on any atom is -0.314 e. The van der Waals surface area contributed by atoms with E-state index in [9.17, 15) is 8.42 Å². The van der Waals surface area contributed by atoms with Crippen LogP contribution < -0.4 is 5.32 Å². The second kappa shape index (κ2) is 7.88. The van der Waals surface area contributed by atoms with E-state index in [0.29, 0.717) is 22.4 Å². The van der Waals surface area contributed by atoms with E-state index < -0.39 is 9.84 Å². The van der Waals surface area contributed by atoms with E-state index in [2.05, 4.69) is 19.2 Å². The average Bonchev–Trinajstić information content (AvgIpc) is 2.36. The lowest BCUT2D eigenvalue weighted by atomic mass is 10.2. The third kappa shape index (κ3) is 5.93. The zero-order chi connectivity index (χ0) is 14.3. The molecule has 5 heteroatoms. The van der Waals surface area contributed by atoms with Crippen molar-refractivity contribution in [3.63, 3.8) is 0 Å². The van der Waals surface area contributed by atoms with Crippen LogP contribution in [0.3, 0.4) is 0 Å². The highest BCUT2D eigenvalue weighted by Gasteiger charge is 2.14. The third-order valence-corrected chi connectivity index (χ3v) is 4.98. The summed E-state index contributed by atoms with van der Waals surface area (Å²) < 4.78 is 24.2. The van der Waals surface area contributed by atoms with Crippen molar-refractivity contribution >= 4 is 21.4 Å². The maximum absolute atomic E-state index is 12.1. The molecule has 0 radical (unpaired) electrons. The lowest BCUT2D eigenvalue weighted by Gasteiger charge is -2.12. The summed E-state index contributed by atoms with van der Waals surface area (Å²) in [5, 5.41) is 3.81. The van der Waals surface area contributed by atoms with Gasteiger partial charge in [0, 0.05) is 11.1 Å². The lowest BCUT2D eigenvalue weighted by molar-refractivity contribution is 0.506. The van der Waals surface area contributed by atoms with E-state index >= 15 is 0 Å². The average molecular weight is 304 g/mol. The van der Waals surface area contributed by atoms with Crippen LogP contribution in [0.5, 0.6) is 0 Å². The topological polar surface area (TPSA) is 46.2 Å². The molecule has 0 fully saturated rings. The summed E-state index contributed by atoms with van der Waals surface area (Å²) in [6.45, 7) is 5.17. The Kier molecular flexibility index (Phi) is 6.83. The highest BCUT2D eigenvalue weighted by atomic mass is 35.5. The largest absolute Gasteiger partial charge is 0.314 e. The number of nitrogens with one attached hydrogen (secondary N) is 1. The minimum absolute atomic E-state index is 0.172. The molecule has 1 unspecified atom stereocenters. The number of benzene rings is 1. The third-order valence-electron chi connectivity index (χ3n) is 2.95. The Balaban J connectivity index is 2.48. The Morgan fingerprint density at radius 1 is 1.37 bits per heavy atom. The highest BCUT2D eigenvalue weighted by molar-refractivity contribution is 7.91. The van der Waals surface area contributed by atoms with Gasteiger partial charge in [-0.2, -0.15) is 0 Å². The first-order chi connectivity index (χ1) is 8.95. The molecule has 19 heavy (non-hydrogen) atoms. The first-order valence-electron chi connectivity index (χ1n) is 6.67. The molecule has 0 heterocycles. The predicted molar refractivity (Wildman–Crippen MR) is 80.5 cm³/mol. The van der Waals surface area contributed by atoms with Gasteiger partial charge in [-0.15, -0.1) is 0 Å². The van der Waals surface area contributed by atoms with Gasteiger partial charge < -0.3 is 5.32 Å². The first-order valence-corrected chi connectivity index (χ1v) is 8.70. The molecule has 3 nitrogen and oxygen atoms in total. The molecular formula is C14H22ClNO2S. The van der Waals surface area contributed by atoms with Crippen molar-refractivity contribution < 1.29 is 8.42 Å². The van der Waals surface area contributed by atoms with Crippen molar-refractivity contribution in [2.24, 2.45) is 0 Å². The number of hydrogen-bond donors (Lipinski definition) is 1. The molecule has 0 bridgehead atoms. The molecule has 0 saturated carbocycles. The molecule has 108 valence electrons. The smallest absolute Gasteiger partial charge is 0.178 e. The maximum atomic E-state index is 12.1. The van der Waals surface area contributed by atoms with Crippen molar-refractivity contribution in [1.29, 1.82) is 0 Å². The molecule has 0 aliphatic heterocycles. The normalized spacial score (nSPS) is 13.4. The van der Waals surface area contributed by atoms with Crippen molar-refractivity contribution in [3.8, 4) is 0 Å². The molecule has 0 aliphatic rings. The van der Waals surface area contributed by atoms with Gasteiger partial charge in [0.25, 0.3) is 0 Å². The van der Waals surface area contributed by atoms with E-state index in [1.807, 2.05) is 0 Å². The summed E-state index contributed by atoms with van der Waals surface area (Å²) in [7, 11) is -3.21. The quantitative estimate of drug-likeness (QED) is 0.801. The molecule has 1 rings (SSSR count). The van der Waals surface area contributed by atoms with Gasteiger partial charge in [0.15, 0.2) is 9.84 Å². The van der Waals surface area contributed by atoms with Gasteiger partial charge >= 0.3 is 0 Å². The molecule has 0 amide bonds. The zero-order valence-electron chi connectivity index (χ0n) is 11.5. The second-order valence-corrected chi connectivity index (χ2v) is 7.32. The summed E-state index contributed by atoms with van der Waals surface area (Å²) in [6, 6.07) is 6.81. The van der Waals surface area contributed by atoms with E-state index in [1.54, 1.807) is 18.2 Å². The highest BCUT2D eigenvalue weighted by Crippen LogP contribution is 2.17. The molecule has 0 spiro atoms. The van der Waals surface area contributed by atoms with Gasteiger partial charge in [-0.05, 0) is 50.9 Å². The van der Waals surface area contributed by atoms with Crippen LogP contribution >= 0.6 is 11.6 Å². The van der Waals surface area contributed by atoms with Crippen LogP contribution in [-0.2, 0) is 9.84 Å². The Hall–Kier alpha value is -0.580. The second-order valence-electron chi connectivity index (χ2n) is 4.77. The number of sulfone groups is 1. The number of rotatable bonds is 8. The van der Waals surface area contributed by atoms with Crippen LogP contribution in [0.1, 0.15) is 33.1 Å². The van der Waals surface area contributed by atoms with Gasteiger partial charge in [0.05, 0.1) is 10.6 Å². The fourth-order valence-electron chi connectivity index (χ4n) is 1.85. The Morgan fingerprint density at radius 3 is 2.74 bits per heavy atom. The Labute approximate surface area is 121 Å². The monoisotopic (exact) mass is 303 g/mol. The van der Waals surface area contributed by atoms with E-state index in [4.69, 9.17) is 11.6 Å². The van der Waals surface area contributed by atoms with E-state index in [-0.39, 0.29) is 5.75 Å². The molecule has 1 atom stereocenters. The standard InChI is InChI=1S/C14H22ClNO2S/c1-3-9-16-12(2)6-5-10-19(17,18)14-8-4-7-13(15)11-14/h4,7-8,11-12,16H,3,5-6,9-10H2,1-2H3. The molecule has 1 N–H and O–H groups in total. The first kappa shape index (κ1) is 16.5. The maximum Gasteiger partial charge on any atom is 0.178 e. The van der Waals surface area contributed by atoms with E-state index in [1.165, 1.54) is 6.07 Å². The van der Waals surface area contributed by atoms with Crippen LogP contribution in [0.15, 0.2) is 29.2 Å². The molecule has 0 aromatic heterocycles. The molecular weight excluding hydrogens is 282 g/mol. The van der Waals surface area contributed by atoms with Gasteiger partial charge in [-0.1, -0.05) is 24.6 Å². The minimum atomic E-state index is -3.21. The lowest BCUT2D eigenvalue weighted by Crippen LogP contribution is -2.27. The van der Waals surface area contributed by atoms with Crippen molar-refractivity contribution in [3.05, 3.63) is 29.3 Å². The van der Waals surface area contributed by atoms with Crippen LogP contribution in [-0.4, -0.2) is 26.8 Å². The molecule has 0 aliphatic carbocycles. The number of hydrogen-bond acceptors (Lipinski definition) is 3. The fourth-order valence-corrected chi connectivity index (χ4v) is 3.48. The molecule has 1 aromatic carbocycles. The summed E-state index contributed by atoms with van der Waals surface area (Å²) in [5.41, 5.74) is 0. The van der Waals surface area contributed by atoms with Gasteiger partial charge in [-0.3, -0.25) is 0 Å². The van der Waals surface area contributed by atoms with Crippen molar-refractivity contribution in [1.82, 2.24) is 5.32 Å². The van der Waals surface area contributed by atoms with Crippen LogP contribution in [0.2, 0.25) is 5.02 Å². The van der Waals surface area contributed by atoms with Crippen LogP contribution in [0, 0.1) is 0 Å². The summed E-state index contributed by atoms with van der Waals surface area (Å²) in [5.74, 6) is 0.172. The van der Waals surface area contributed by atoms with Crippen molar-refractivity contribution in [2.45, 2.75) is 44.0 Å². The Morgan fingerprint density at radius 2 is 2.11 bits per heavy atom. The predicted octanol–water partition coefficient (Wildman–Crippen LogP) is 3.28. The van der Waals surface area contributed by atoms with E-state index in [0.717, 1.165) is 19.4 Å². The SMILES string of the molecule is CCCNC(C)CCCS(=O)(=O)c1cccc(Cl)c1.